The molecule has 0 radical (unpaired) electrons. The van der Waals surface area contributed by atoms with Gasteiger partial charge in [-0.15, -0.1) is 0 Å². The topological polar surface area (TPSA) is 190 Å². The molecule has 4 atom stereocenters. The molecule has 0 spiro atoms. The number of fused-ring (bicyclic) bond motifs is 4. The van der Waals surface area contributed by atoms with Crippen LogP contribution in [0.1, 0.15) is 48.2 Å². The molecule has 4 aliphatic rings. The molecule has 0 fully saturated rings. The van der Waals surface area contributed by atoms with Gasteiger partial charge in [0.2, 0.25) is 11.7 Å². The van der Waals surface area contributed by atoms with Crippen molar-refractivity contribution in [2.24, 2.45) is 23.5 Å². The van der Waals surface area contributed by atoms with E-state index in [-0.39, 0.29) is 48.5 Å². The quantitative estimate of drug-likeness (QED) is 0.241. The van der Waals surface area contributed by atoms with Crippen molar-refractivity contribution in [2.75, 3.05) is 12.4 Å². The Kier molecular flexibility index (Phi) is 5.69. The molecule has 1 aromatic carbocycles. The lowest BCUT2D eigenvalue weighted by Gasteiger charge is -2.45. The minimum Gasteiger partial charge on any atom is -0.511 e. The van der Waals surface area contributed by atoms with Gasteiger partial charge in [-0.3, -0.25) is 24.1 Å². The van der Waals surface area contributed by atoms with Gasteiger partial charge < -0.3 is 31.5 Å². The number of anilines is 1. The number of allylic oxidation sites excluding steroid dienone is 2. The number of Topliss-reactive ketones (excluding diaryl/α,β-unsaturated/α-hetero) is 2. The Morgan fingerprint density at radius 1 is 1.16 bits per heavy atom. The molecule has 1 aromatic rings. The number of carbonyl (C=O) groups excluding carboxylic acids is 4. The van der Waals surface area contributed by atoms with E-state index in [1.165, 1.54) is 0 Å². The van der Waals surface area contributed by atoms with E-state index in [2.05, 4.69) is 5.32 Å². The number of nitrogens with zero attached hydrogens (tertiary/aromatic N) is 1. The highest BCUT2D eigenvalue weighted by atomic mass is 19.1. The van der Waals surface area contributed by atoms with Gasteiger partial charge in [0.15, 0.2) is 17.1 Å². The van der Waals surface area contributed by atoms with Gasteiger partial charge in [0.05, 0.1) is 17.3 Å². The third kappa shape index (κ3) is 3.26. The minimum absolute atomic E-state index is 0.0107. The number of nitrogens with one attached hydrogen (secondary N) is 1. The summed E-state index contributed by atoms with van der Waals surface area (Å²) in [5.74, 6) is -9.38. The molecule has 0 saturated heterocycles. The summed E-state index contributed by atoms with van der Waals surface area (Å²) in [5, 5.41) is 46.4. The number of primary amides is 1. The first-order valence-corrected chi connectivity index (χ1v) is 12.3. The maximum Gasteiger partial charge on any atom is 0.255 e. The molecule has 1 heterocycles. The molecule has 5 rings (SSSR count). The number of ketones is 2. The highest BCUT2D eigenvalue weighted by Gasteiger charge is 2.60. The van der Waals surface area contributed by atoms with E-state index in [9.17, 15) is 39.6 Å². The summed E-state index contributed by atoms with van der Waals surface area (Å²) < 4.78 is 16.0. The molecule has 12 heteroatoms. The van der Waals surface area contributed by atoms with Gasteiger partial charge in [-0.05, 0) is 31.7 Å². The summed E-state index contributed by atoms with van der Waals surface area (Å²) in [4.78, 5) is 53.1. The van der Waals surface area contributed by atoms with Gasteiger partial charge in [-0.25, -0.2) is 4.39 Å². The third-order valence-electron chi connectivity index (χ3n) is 8.29. The third-order valence-corrected chi connectivity index (χ3v) is 8.29. The first-order valence-electron chi connectivity index (χ1n) is 12.3. The zero-order chi connectivity index (χ0) is 28.0. The Labute approximate surface area is 216 Å². The highest BCUT2D eigenvalue weighted by molar-refractivity contribution is 6.24. The molecule has 0 unspecified atom stereocenters. The Balaban J connectivity index is 1.67. The minimum atomic E-state index is -2.71. The van der Waals surface area contributed by atoms with E-state index < -0.39 is 86.7 Å². The zero-order valence-corrected chi connectivity index (χ0v) is 21.0. The molecule has 2 amide bonds. The first kappa shape index (κ1) is 25.9. The van der Waals surface area contributed by atoms with Gasteiger partial charge >= 0.3 is 0 Å². The Morgan fingerprint density at radius 3 is 2.42 bits per heavy atom. The number of amides is 2. The maximum absolute atomic E-state index is 16.0. The second-order valence-electron chi connectivity index (χ2n) is 10.9. The summed E-state index contributed by atoms with van der Waals surface area (Å²) in [5.41, 5.74) is 0.378. The number of nitrogens with two attached hydrogens (primary N) is 1. The highest BCUT2D eigenvalue weighted by Crippen LogP contribution is 2.53. The van der Waals surface area contributed by atoms with Crippen molar-refractivity contribution in [3.8, 4) is 5.75 Å². The molecule has 11 nitrogen and oxygen atoms in total. The van der Waals surface area contributed by atoms with E-state index in [0.717, 1.165) is 0 Å². The number of carbonyl (C=O) groups is 4. The second-order valence-corrected chi connectivity index (χ2v) is 10.9. The number of rotatable bonds is 2. The van der Waals surface area contributed by atoms with Crippen molar-refractivity contribution in [1.82, 2.24) is 4.90 Å². The molecule has 38 heavy (non-hydrogen) atoms. The van der Waals surface area contributed by atoms with Crippen molar-refractivity contribution in [2.45, 2.75) is 51.3 Å². The van der Waals surface area contributed by atoms with Crippen molar-refractivity contribution in [3.63, 3.8) is 0 Å². The lowest BCUT2D eigenvalue weighted by Crippen LogP contribution is -2.57. The largest absolute Gasteiger partial charge is 0.511 e. The van der Waals surface area contributed by atoms with E-state index >= 15 is 4.39 Å². The fraction of sp³-hybridized carbons (Fsp3) is 0.462. The van der Waals surface area contributed by atoms with Crippen LogP contribution in [0.25, 0.3) is 0 Å². The lowest BCUT2D eigenvalue weighted by molar-refractivity contribution is -0.144. The first-order chi connectivity index (χ1) is 17.7. The van der Waals surface area contributed by atoms with Gasteiger partial charge in [0.1, 0.15) is 22.9 Å². The predicted molar refractivity (Wildman–Crippen MR) is 129 cm³/mol. The molecular weight excluding hydrogens is 501 g/mol. The fourth-order valence-electron chi connectivity index (χ4n) is 6.61. The number of aromatic hydroxyl groups is 1. The molecule has 3 aliphatic carbocycles. The van der Waals surface area contributed by atoms with Gasteiger partial charge in [-0.1, -0.05) is 13.8 Å². The second kappa shape index (κ2) is 8.37. The van der Waals surface area contributed by atoms with Gasteiger partial charge in [0, 0.05) is 35.6 Å². The summed E-state index contributed by atoms with van der Waals surface area (Å²) in [6, 6.07) is -0.633. The van der Waals surface area contributed by atoms with Crippen LogP contribution in [0.4, 0.5) is 10.1 Å². The van der Waals surface area contributed by atoms with Crippen molar-refractivity contribution >= 4 is 29.1 Å². The summed E-state index contributed by atoms with van der Waals surface area (Å²) >= 11 is 0. The van der Waals surface area contributed by atoms with Crippen LogP contribution in [0.5, 0.6) is 5.75 Å². The number of aliphatic hydroxyl groups is 3. The molecule has 0 bridgehead atoms. The summed E-state index contributed by atoms with van der Waals surface area (Å²) in [6.45, 7) is 3.62. The van der Waals surface area contributed by atoms with E-state index in [1.54, 1.807) is 11.9 Å². The smallest absolute Gasteiger partial charge is 0.255 e. The van der Waals surface area contributed by atoms with Crippen LogP contribution in [0, 0.1) is 23.6 Å². The molecule has 7 N–H and O–H groups in total. The summed E-state index contributed by atoms with van der Waals surface area (Å²) in [7, 11) is 1.65. The van der Waals surface area contributed by atoms with Crippen LogP contribution in [-0.4, -0.2) is 67.4 Å². The molecule has 1 aliphatic heterocycles. The number of hydrogen-bond acceptors (Lipinski definition) is 9. The van der Waals surface area contributed by atoms with Crippen LogP contribution in [-0.2, 0) is 27.3 Å². The van der Waals surface area contributed by atoms with Crippen molar-refractivity contribution in [3.05, 3.63) is 45.2 Å². The number of likely N-dealkylation sites (N-methyl/N-ethyl adjacent to an activating group) is 1. The van der Waals surface area contributed by atoms with Crippen LogP contribution in [0.15, 0.2) is 22.7 Å². The normalized spacial score (nSPS) is 29.4. The van der Waals surface area contributed by atoms with Crippen LogP contribution in [0.3, 0.4) is 0 Å². The summed E-state index contributed by atoms with van der Waals surface area (Å²) in [6.07, 6.45) is -0.640. The number of aliphatic hydroxyl groups excluding tert-OH is 2. The maximum atomic E-state index is 16.0. The lowest BCUT2D eigenvalue weighted by atomic mass is 9.60. The molecule has 202 valence electrons. The number of benzene rings is 1. The SMILES string of the molecule is CC(C)[C@@H]1C(=O)Nc2c(O)c3c(c(F)c2CN1C)C[C@H]1C[C@H]2CC(O)=C(C(N)=O)C(=O)[C@@]2(O)C(O)=C1C3=O. The fourth-order valence-corrected chi connectivity index (χ4v) is 6.61. The number of phenols is 1. The Morgan fingerprint density at radius 2 is 1.82 bits per heavy atom. The number of phenolic OH excluding ortho intramolecular Hbond substituents is 1. The Bertz CT molecular complexity index is 1410. The van der Waals surface area contributed by atoms with Gasteiger partial charge in [0.25, 0.3) is 5.91 Å². The van der Waals surface area contributed by atoms with E-state index in [0.29, 0.717) is 0 Å². The average molecular weight is 530 g/mol. The zero-order valence-electron chi connectivity index (χ0n) is 21.0. The molecule has 0 aromatic heterocycles. The average Bonchev–Trinajstić information content (AvgIpc) is 2.94. The van der Waals surface area contributed by atoms with Gasteiger partial charge in [-0.2, -0.15) is 0 Å². The Hall–Kier alpha value is -3.77. The standard InChI is InChI=1S/C26H28FN3O8/c1-8(2)19-25(37)29-18-12(7-30(19)3)17(27)11-5-9-4-10-6-13(31)16(24(28)36)23(35)26(10,38)22(34)14(9)20(32)15(11)21(18)33/h8-10,19,31,33-34,38H,4-7H2,1-3H3,(H2,28,36)(H,29,37)/t9-,10+,19-,26+/m1/s1. The van der Waals surface area contributed by atoms with Crippen molar-refractivity contribution < 1.29 is 44.0 Å². The van der Waals surface area contributed by atoms with E-state index in [1.807, 2.05) is 13.8 Å². The molecular formula is C26H28FN3O8. The predicted octanol–water partition coefficient (Wildman–Crippen LogP) is 1.13. The number of hydrogen-bond donors (Lipinski definition) is 6. The van der Waals surface area contributed by atoms with Crippen LogP contribution in [0.2, 0.25) is 0 Å². The number of halogens is 1. The molecule has 0 saturated carbocycles. The monoisotopic (exact) mass is 529 g/mol. The van der Waals surface area contributed by atoms with Crippen LogP contribution >= 0.6 is 0 Å². The van der Waals surface area contributed by atoms with Crippen molar-refractivity contribution in [1.29, 1.82) is 0 Å². The van der Waals surface area contributed by atoms with Crippen LogP contribution < -0.4 is 11.1 Å². The van der Waals surface area contributed by atoms with E-state index in [4.69, 9.17) is 5.73 Å².